The van der Waals surface area contributed by atoms with Gasteiger partial charge in [0.25, 0.3) is 0 Å². The Morgan fingerprint density at radius 1 is 1.19 bits per heavy atom. The van der Waals surface area contributed by atoms with Crippen LogP contribution in [-0.2, 0) is 11.3 Å². The van der Waals surface area contributed by atoms with E-state index in [0.717, 1.165) is 38.5 Å². The molecule has 0 atom stereocenters. The molecule has 0 unspecified atom stereocenters. The number of hydrogen-bond acceptors (Lipinski definition) is 3. The van der Waals surface area contributed by atoms with Crippen molar-refractivity contribution in [1.82, 2.24) is 5.32 Å². The number of ether oxygens (including phenoxy) is 2. The average Bonchev–Trinajstić information content (AvgIpc) is 2.34. The predicted octanol–water partition coefficient (Wildman–Crippen LogP) is 2.21. The summed E-state index contributed by atoms with van der Waals surface area (Å²) in [4.78, 5) is 0. The minimum absolute atomic E-state index is 0.767. The molecule has 1 N–H and O–H groups in total. The number of hydrogen-bond donors (Lipinski definition) is 1. The van der Waals surface area contributed by atoms with E-state index in [1.165, 1.54) is 5.56 Å². The Labute approximate surface area is 97.8 Å². The van der Waals surface area contributed by atoms with E-state index in [1.807, 2.05) is 18.2 Å². The normalized spacial score (nSPS) is 10.4. The maximum Gasteiger partial charge on any atom is 0.123 e. The van der Waals surface area contributed by atoms with E-state index >= 15 is 0 Å². The van der Waals surface area contributed by atoms with Crippen molar-refractivity contribution in [3.63, 3.8) is 0 Å². The Morgan fingerprint density at radius 3 is 2.75 bits per heavy atom. The quantitative estimate of drug-likeness (QED) is 0.685. The second kappa shape index (κ2) is 8.13. The summed E-state index contributed by atoms with van der Waals surface area (Å²) in [6, 6.07) is 8.04. The van der Waals surface area contributed by atoms with E-state index in [-0.39, 0.29) is 0 Å². The zero-order valence-electron chi connectivity index (χ0n) is 10.2. The molecule has 1 aromatic carbocycles. The number of methoxy groups -OCH3 is 1. The Bertz CT molecular complexity index is 289. The molecule has 0 amide bonds. The summed E-state index contributed by atoms with van der Waals surface area (Å²) < 4.78 is 10.7. The van der Waals surface area contributed by atoms with E-state index in [2.05, 4.69) is 18.3 Å². The molecule has 90 valence electrons. The topological polar surface area (TPSA) is 30.5 Å². The molecule has 1 rings (SSSR count). The fraction of sp³-hybridized carbons (Fsp3) is 0.538. The van der Waals surface area contributed by atoms with Gasteiger partial charge in [-0.1, -0.05) is 25.1 Å². The van der Waals surface area contributed by atoms with Gasteiger partial charge in [-0.25, -0.2) is 0 Å². The molecule has 0 radical (unpaired) electrons. The molecule has 0 spiro atoms. The van der Waals surface area contributed by atoms with Crippen LogP contribution in [0.5, 0.6) is 5.75 Å². The van der Waals surface area contributed by atoms with Crippen molar-refractivity contribution in [2.75, 3.05) is 26.9 Å². The van der Waals surface area contributed by atoms with E-state index in [9.17, 15) is 0 Å². The first kappa shape index (κ1) is 13.0. The molecule has 0 aliphatic carbocycles. The van der Waals surface area contributed by atoms with E-state index in [0.29, 0.717) is 0 Å². The number of nitrogens with one attached hydrogen (secondary N) is 1. The first-order valence-corrected chi connectivity index (χ1v) is 5.78. The summed E-state index contributed by atoms with van der Waals surface area (Å²) in [6.45, 7) is 5.42. The van der Waals surface area contributed by atoms with Crippen LogP contribution in [0.1, 0.15) is 18.9 Å². The second-order valence-corrected chi connectivity index (χ2v) is 3.60. The van der Waals surface area contributed by atoms with Gasteiger partial charge in [-0.2, -0.15) is 0 Å². The van der Waals surface area contributed by atoms with Crippen molar-refractivity contribution >= 4 is 0 Å². The van der Waals surface area contributed by atoms with Gasteiger partial charge in [0.2, 0.25) is 0 Å². The first-order chi connectivity index (χ1) is 7.88. The third-order valence-electron chi connectivity index (χ3n) is 2.28. The Hall–Kier alpha value is -1.06. The zero-order valence-corrected chi connectivity index (χ0v) is 10.2. The molecule has 1 aromatic rings. The maximum absolute atomic E-state index is 5.38. The molecule has 3 heteroatoms. The lowest BCUT2D eigenvalue weighted by molar-refractivity contribution is 0.136. The highest BCUT2D eigenvalue weighted by Gasteiger charge is 1.99. The molecule has 0 aliphatic rings. The summed E-state index contributed by atoms with van der Waals surface area (Å²) in [6.07, 6.45) is 1.08. The minimum atomic E-state index is 0.767. The van der Waals surface area contributed by atoms with Gasteiger partial charge in [0, 0.05) is 25.3 Å². The highest BCUT2D eigenvalue weighted by Crippen LogP contribution is 2.16. The number of rotatable bonds is 8. The van der Waals surface area contributed by atoms with Gasteiger partial charge < -0.3 is 14.8 Å². The van der Waals surface area contributed by atoms with Crippen LogP contribution in [0.4, 0.5) is 0 Å². The van der Waals surface area contributed by atoms with Crippen LogP contribution >= 0.6 is 0 Å². The Kier molecular flexibility index (Phi) is 6.61. The lowest BCUT2D eigenvalue weighted by Crippen LogP contribution is -2.19. The Morgan fingerprint density at radius 2 is 2.00 bits per heavy atom. The molecule has 0 aromatic heterocycles. The third kappa shape index (κ3) is 4.64. The van der Waals surface area contributed by atoms with Crippen molar-refractivity contribution in [3.8, 4) is 5.75 Å². The Balaban J connectivity index is 2.21. The lowest BCUT2D eigenvalue weighted by Gasteiger charge is -2.09. The fourth-order valence-corrected chi connectivity index (χ4v) is 1.46. The molecule has 0 saturated carbocycles. The molecule has 0 fully saturated rings. The zero-order chi connectivity index (χ0) is 11.6. The summed E-state index contributed by atoms with van der Waals surface area (Å²) in [7, 11) is 1.70. The molecular weight excluding hydrogens is 202 g/mol. The monoisotopic (exact) mass is 223 g/mol. The van der Waals surface area contributed by atoms with E-state index in [1.54, 1.807) is 7.11 Å². The summed E-state index contributed by atoms with van der Waals surface area (Å²) >= 11 is 0. The molecule has 16 heavy (non-hydrogen) atoms. The standard InChI is InChI=1S/C13H21NO2/c1-3-9-16-10-8-14-11-12-6-4-5-7-13(12)15-2/h4-7,14H,3,8-11H2,1-2H3. The van der Waals surface area contributed by atoms with Gasteiger partial charge in [0.05, 0.1) is 13.7 Å². The summed E-state index contributed by atoms with van der Waals surface area (Å²) in [5.41, 5.74) is 1.18. The summed E-state index contributed by atoms with van der Waals surface area (Å²) in [5.74, 6) is 0.935. The van der Waals surface area contributed by atoms with Crippen LogP contribution < -0.4 is 10.1 Å². The van der Waals surface area contributed by atoms with Gasteiger partial charge in [0.15, 0.2) is 0 Å². The first-order valence-electron chi connectivity index (χ1n) is 5.78. The lowest BCUT2D eigenvalue weighted by atomic mass is 10.2. The fourth-order valence-electron chi connectivity index (χ4n) is 1.46. The van der Waals surface area contributed by atoms with Gasteiger partial charge in [0.1, 0.15) is 5.75 Å². The largest absolute Gasteiger partial charge is 0.496 e. The predicted molar refractivity (Wildman–Crippen MR) is 65.8 cm³/mol. The SMILES string of the molecule is CCCOCCNCc1ccccc1OC. The van der Waals surface area contributed by atoms with Gasteiger partial charge in [-0.15, -0.1) is 0 Å². The maximum atomic E-state index is 5.38. The molecule has 0 saturated heterocycles. The van der Waals surface area contributed by atoms with Crippen LogP contribution in [0.2, 0.25) is 0 Å². The highest BCUT2D eigenvalue weighted by atomic mass is 16.5. The van der Waals surface area contributed by atoms with Crippen molar-refractivity contribution in [2.45, 2.75) is 19.9 Å². The van der Waals surface area contributed by atoms with E-state index in [4.69, 9.17) is 9.47 Å². The second-order valence-electron chi connectivity index (χ2n) is 3.60. The highest BCUT2D eigenvalue weighted by molar-refractivity contribution is 5.32. The van der Waals surface area contributed by atoms with Crippen molar-refractivity contribution < 1.29 is 9.47 Å². The molecular formula is C13H21NO2. The molecule has 3 nitrogen and oxygen atoms in total. The molecule has 0 aliphatic heterocycles. The minimum Gasteiger partial charge on any atom is -0.496 e. The van der Waals surface area contributed by atoms with Crippen LogP contribution in [0.15, 0.2) is 24.3 Å². The number of benzene rings is 1. The summed E-state index contributed by atoms with van der Waals surface area (Å²) in [5, 5.41) is 3.33. The van der Waals surface area contributed by atoms with Gasteiger partial charge >= 0.3 is 0 Å². The van der Waals surface area contributed by atoms with Gasteiger partial charge in [-0.3, -0.25) is 0 Å². The van der Waals surface area contributed by atoms with Crippen LogP contribution in [0.25, 0.3) is 0 Å². The van der Waals surface area contributed by atoms with Crippen molar-refractivity contribution in [2.24, 2.45) is 0 Å². The third-order valence-corrected chi connectivity index (χ3v) is 2.28. The smallest absolute Gasteiger partial charge is 0.123 e. The van der Waals surface area contributed by atoms with Gasteiger partial charge in [-0.05, 0) is 12.5 Å². The van der Waals surface area contributed by atoms with Crippen molar-refractivity contribution in [3.05, 3.63) is 29.8 Å². The average molecular weight is 223 g/mol. The van der Waals surface area contributed by atoms with Crippen LogP contribution in [0, 0.1) is 0 Å². The van der Waals surface area contributed by atoms with Crippen LogP contribution in [-0.4, -0.2) is 26.9 Å². The van der Waals surface area contributed by atoms with Crippen molar-refractivity contribution in [1.29, 1.82) is 0 Å². The van der Waals surface area contributed by atoms with Crippen LogP contribution in [0.3, 0.4) is 0 Å². The molecule has 0 heterocycles. The molecule has 0 bridgehead atoms. The number of para-hydroxylation sites is 1. The van der Waals surface area contributed by atoms with E-state index < -0.39 is 0 Å².